The van der Waals surface area contributed by atoms with Gasteiger partial charge in [-0.3, -0.25) is 4.98 Å². The summed E-state index contributed by atoms with van der Waals surface area (Å²) in [5.41, 5.74) is 5.59. The lowest BCUT2D eigenvalue weighted by atomic mass is 9.84. The van der Waals surface area contributed by atoms with E-state index in [4.69, 9.17) is 22.1 Å². The summed E-state index contributed by atoms with van der Waals surface area (Å²) in [4.78, 5) is 4.12. The van der Waals surface area contributed by atoms with Crippen LogP contribution in [0.3, 0.4) is 0 Å². The van der Waals surface area contributed by atoms with E-state index in [1.807, 2.05) is 24.4 Å². The van der Waals surface area contributed by atoms with Gasteiger partial charge in [0.1, 0.15) is 5.75 Å². The van der Waals surface area contributed by atoms with Crippen LogP contribution in [-0.4, -0.2) is 17.6 Å². The summed E-state index contributed by atoms with van der Waals surface area (Å²) in [6.07, 6.45) is 11.0. The number of nitrogens with zero attached hydrogens (tertiary/aromatic N) is 1. The largest absolute Gasteiger partial charge is 0.489 e. The molecular weight excluding hydrogens is 296 g/mol. The van der Waals surface area contributed by atoms with Crippen LogP contribution in [0.15, 0.2) is 30.6 Å². The van der Waals surface area contributed by atoms with Gasteiger partial charge < -0.3 is 10.5 Å². The van der Waals surface area contributed by atoms with Crippen molar-refractivity contribution in [2.45, 2.75) is 44.6 Å². The summed E-state index contributed by atoms with van der Waals surface area (Å²) >= 11 is 6.35. The second-order valence-corrected chi connectivity index (χ2v) is 6.60. The van der Waals surface area contributed by atoms with E-state index in [2.05, 4.69) is 4.98 Å². The molecule has 4 heteroatoms. The zero-order chi connectivity index (χ0) is 15.4. The molecule has 22 heavy (non-hydrogen) atoms. The van der Waals surface area contributed by atoms with E-state index in [-0.39, 0.29) is 6.10 Å². The van der Waals surface area contributed by atoms with Crippen molar-refractivity contribution in [2.75, 3.05) is 6.54 Å². The summed E-state index contributed by atoms with van der Waals surface area (Å²) < 4.78 is 6.17. The topological polar surface area (TPSA) is 48.1 Å². The molecule has 1 aromatic carbocycles. The standard InChI is InChI=1S/C18H23ClN2O/c19-17-10-15-12-21-9-7-14(15)11-18(17)22-16-5-3-13(4-6-16)2-1-8-20/h7,9-13,16H,1-6,8,20H2/t13-,16+. The smallest absolute Gasteiger partial charge is 0.138 e. The van der Waals surface area contributed by atoms with E-state index in [0.29, 0.717) is 5.02 Å². The molecule has 0 unspecified atom stereocenters. The Labute approximate surface area is 136 Å². The van der Waals surface area contributed by atoms with Crippen molar-refractivity contribution in [1.82, 2.24) is 4.98 Å². The van der Waals surface area contributed by atoms with Gasteiger partial charge in [-0.1, -0.05) is 11.6 Å². The molecule has 0 saturated heterocycles. The Hall–Kier alpha value is -1.32. The Balaban J connectivity index is 1.63. The Morgan fingerprint density at radius 2 is 2.00 bits per heavy atom. The molecule has 1 saturated carbocycles. The number of nitrogens with two attached hydrogens (primary N) is 1. The SMILES string of the molecule is NCCC[C@H]1CC[C@@H](Oc2cc3ccncc3cc2Cl)CC1. The van der Waals surface area contributed by atoms with Crippen molar-refractivity contribution in [3.63, 3.8) is 0 Å². The summed E-state index contributed by atoms with van der Waals surface area (Å²) in [5, 5.41) is 2.84. The fraction of sp³-hybridized carbons (Fsp3) is 0.500. The molecule has 1 aliphatic rings. The molecule has 118 valence electrons. The molecule has 0 radical (unpaired) electrons. The van der Waals surface area contributed by atoms with Crippen LogP contribution < -0.4 is 10.5 Å². The summed E-state index contributed by atoms with van der Waals surface area (Å²) in [7, 11) is 0. The lowest BCUT2D eigenvalue weighted by molar-refractivity contribution is 0.128. The summed E-state index contributed by atoms with van der Waals surface area (Å²) in [6.45, 7) is 0.804. The third kappa shape index (κ3) is 3.71. The van der Waals surface area contributed by atoms with Crippen LogP contribution in [0.5, 0.6) is 5.75 Å². The first-order valence-corrected chi connectivity index (χ1v) is 8.54. The van der Waals surface area contributed by atoms with Gasteiger partial charge in [0.25, 0.3) is 0 Å². The third-order valence-corrected chi connectivity index (χ3v) is 4.89. The Morgan fingerprint density at radius 1 is 1.18 bits per heavy atom. The molecule has 0 atom stereocenters. The number of fused-ring (bicyclic) bond motifs is 1. The van der Waals surface area contributed by atoms with Gasteiger partial charge in [0.2, 0.25) is 0 Å². The molecular formula is C18H23ClN2O. The number of hydrogen-bond acceptors (Lipinski definition) is 3. The van der Waals surface area contributed by atoms with Gasteiger partial charge in [-0.25, -0.2) is 0 Å². The molecule has 0 spiro atoms. The van der Waals surface area contributed by atoms with E-state index in [0.717, 1.165) is 48.2 Å². The number of benzene rings is 1. The van der Waals surface area contributed by atoms with Crippen LogP contribution in [-0.2, 0) is 0 Å². The zero-order valence-corrected chi connectivity index (χ0v) is 13.6. The van der Waals surface area contributed by atoms with Gasteiger partial charge in [-0.2, -0.15) is 0 Å². The molecule has 1 heterocycles. The van der Waals surface area contributed by atoms with Crippen LogP contribution in [0.1, 0.15) is 38.5 Å². The van der Waals surface area contributed by atoms with Crippen molar-refractivity contribution < 1.29 is 4.74 Å². The van der Waals surface area contributed by atoms with E-state index in [1.165, 1.54) is 19.3 Å². The molecule has 0 bridgehead atoms. The second-order valence-electron chi connectivity index (χ2n) is 6.20. The number of halogens is 1. The predicted octanol–water partition coefficient (Wildman–Crippen LogP) is 4.56. The van der Waals surface area contributed by atoms with E-state index in [1.54, 1.807) is 6.20 Å². The van der Waals surface area contributed by atoms with Crippen molar-refractivity contribution in [3.8, 4) is 5.75 Å². The van der Waals surface area contributed by atoms with Crippen molar-refractivity contribution in [3.05, 3.63) is 35.6 Å². The van der Waals surface area contributed by atoms with Crippen molar-refractivity contribution in [2.24, 2.45) is 11.7 Å². The van der Waals surface area contributed by atoms with Gasteiger partial charge in [0.05, 0.1) is 11.1 Å². The maximum atomic E-state index is 6.35. The Morgan fingerprint density at radius 3 is 2.77 bits per heavy atom. The monoisotopic (exact) mass is 318 g/mol. The predicted molar refractivity (Wildman–Crippen MR) is 91.4 cm³/mol. The van der Waals surface area contributed by atoms with Gasteiger partial charge in [-0.05, 0) is 74.6 Å². The molecule has 0 amide bonds. The Kier molecular flexibility index (Phi) is 5.16. The molecule has 0 aliphatic heterocycles. The van der Waals surface area contributed by atoms with Crippen molar-refractivity contribution in [1.29, 1.82) is 0 Å². The average Bonchev–Trinajstić information content (AvgIpc) is 2.55. The normalized spacial score (nSPS) is 21.9. The maximum Gasteiger partial charge on any atom is 0.138 e. The molecule has 1 aliphatic carbocycles. The van der Waals surface area contributed by atoms with Gasteiger partial charge >= 0.3 is 0 Å². The lowest BCUT2D eigenvalue weighted by Gasteiger charge is -2.29. The average molecular weight is 319 g/mol. The molecule has 2 aromatic rings. The number of aromatic nitrogens is 1. The van der Waals surface area contributed by atoms with Crippen LogP contribution in [0.4, 0.5) is 0 Å². The van der Waals surface area contributed by atoms with Gasteiger partial charge in [0, 0.05) is 17.8 Å². The van der Waals surface area contributed by atoms with Crippen LogP contribution >= 0.6 is 11.6 Å². The number of pyridine rings is 1. The lowest BCUT2D eigenvalue weighted by Crippen LogP contribution is -2.24. The molecule has 1 fully saturated rings. The minimum Gasteiger partial charge on any atom is -0.489 e. The first kappa shape index (κ1) is 15.6. The molecule has 3 rings (SSSR count). The van der Waals surface area contributed by atoms with Gasteiger partial charge in [0.15, 0.2) is 0 Å². The Bertz CT molecular complexity index is 624. The minimum absolute atomic E-state index is 0.283. The minimum atomic E-state index is 0.283. The summed E-state index contributed by atoms with van der Waals surface area (Å²) in [6, 6.07) is 5.95. The van der Waals surface area contributed by atoms with Gasteiger partial charge in [-0.15, -0.1) is 0 Å². The third-order valence-electron chi connectivity index (χ3n) is 4.60. The molecule has 3 nitrogen and oxygen atoms in total. The highest BCUT2D eigenvalue weighted by atomic mass is 35.5. The molecule has 1 aromatic heterocycles. The quantitative estimate of drug-likeness (QED) is 0.878. The first-order chi connectivity index (χ1) is 10.8. The van der Waals surface area contributed by atoms with E-state index < -0.39 is 0 Å². The highest BCUT2D eigenvalue weighted by Gasteiger charge is 2.22. The van der Waals surface area contributed by atoms with E-state index >= 15 is 0 Å². The number of hydrogen-bond donors (Lipinski definition) is 1. The van der Waals surface area contributed by atoms with Crippen LogP contribution in [0.2, 0.25) is 5.02 Å². The van der Waals surface area contributed by atoms with Crippen LogP contribution in [0, 0.1) is 5.92 Å². The van der Waals surface area contributed by atoms with Crippen LogP contribution in [0.25, 0.3) is 10.8 Å². The maximum absolute atomic E-state index is 6.35. The first-order valence-electron chi connectivity index (χ1n) is 8.16. The fourth-order valence-electron chi connectivity index (χ4n) is 3.30. The second kappa shape index (κ2) is 7.30. The zero-order valence-electron chi connectivity index (χ0n) is 12.8. The summed E-state index contributed by atoms with van der Waals surface area (Å²) in [5.74, 6) is 1.62. The molecule has 2 N–H and O–H groups in total. The van der Waals surface area contributed by atoms with E-state index in [9.17, 15) is 0 Å². The number of rotatable bonds is 5. The number of ether oxygens (including phenoxy) is 1. The highest BCUT2D eigenvalue weighted by Crippen LogP contribution is 2.34. The fourth-order valence-corrected chi connectivity index (χ4v) is 3.52. The highest BCUT2D eigenvalue weighted by molar-refractivity contribution is 6.32. The van der Waals surface area contributed by atoms with Crippen molar-refractivity contribution >= 4 is 22.4 Å².